The Morgan fingerprint density at radius 3 is 0.958 bits per heavy atom. The first-order chi connectivity index (χ1) is 34.6. The van der Waals surface area contributed by atoms with Gasteiger partial charge >= 0.3 is 0 Å². The fraction of sp³-hybridized carbons (Fsp3) is 0.0526. The van der Waals surface area contributed by atoms with Crippen molar-refractivity contribution in [2.45, 2.75) is 20.8 Å². The van der Waals surface area contributed by atoms with Crippen LogP contribution in [0.4, 0.5) is 0 Å². The Hall–Kier alpha value is -8.55. The first kappa shape index (κ1) is 47.1. The Kier molecular flexibility index (Phi) is 12.4. The number of hydrogen-bond acceptors (Lipinski definition) is 6. The predicted octanol–water partition coefficient (Wildman–Crippen LogP) is 13.0. The molecule has 0 atom stereocenters. The number of aromatic amines is 3. The number of aromatic nitrogens is 3. The van der Waals surface area contributed by atoms with Gasteiger partial charge in [-0.2, -0.15) is 0 Å². The summed E-state index contributed by atoms with van der Waals surface area (Å²) >= 11 is 18.1. The van der Waals surface area contributed by atoms with Crippen molar-refractivity contribution in [2.75, 3.05) is 0 Å². The van der Waals surface area contributed by atoms with Gasteiger partial charge in [0.2, 0.25) is 0 Å². The number of fused-ring (bicyclic) bond motifs is 3. The van der Waals surface area contributed by atoms with Crippen LogP contribution in [0.15, 0.2) is 161 Å². The van der Waals surface area contributed by atoms with Gasteiger partial charge in [-0.05, 0) is 62.7 Å². The number of hydrogen-bond donors (Lipinski definition) is 6. The van der Waals surface area contributed by atoms with Gasteiger partial charge in [-0.1, -0.05) is 161 Å². The fourth-order valence-corrected chi connectivity index (χ4v) is 9.35. The van der Waals surface area contributed by atoms with Crippen LogP contribution >= 0.6 is 34.8 Å². The number of H-pyrrole nitrogens is 3. The highest BCUT2D eigenvalue weighted by Crippen LogP contribution is 2.41. The molecule has 0 spiro atoms. The van der Waals surface area contributed by atoms with Crippen molar-refractivity contribution >= 4 is 69.7 Å². The SMILES string of the molecule is Cc1ccc(C2=NC(=O)c3c(-c4ccc(C)cc4)[nH]c(O)c32)cc1.Cc1ccc(C2=NC(=O)c3c(-c4cccc(Cl)c4)[nH]c(O)c32)cc1.O=C1N=C(c2cccc(Cl)c2)c2c(O)[nH]c(-c3cccc(Cl)c3)c21. The molecule has 3 aliphatic rings. The van der Waals surface area contributed by atoms with E-state index in [2.05, 4.69) is 29.9 Å². The second-order valence-corrected chi connectivity index (χ2v) is 18.5. The number of carbonyl (C=O) groups is 3. The van der Waals surface area contributed by atoms with Crippen LogP contribution in [0.5, 0.6) is 17.6 Å². The van der Waals surface area contributed by atoms with Gasteiger partial charge in [0.05, 0.1) is 67.6 Å². The van der Waals surface area contributed by atoms with E-state index in [4.69, 9.17) is 34.8 Å². The lowest BCUT2D eigenvalue weighted by molar-refractivity contribution is 0.0998. The Labute approximate surface area is 426 Å². The molecular formula is C57H39Cl3N6O6. The maximum absolute atomic E-state index is 12.5. The molecule has 0 saturated carbocycles. The van der Waals surface area contributed by atoms with Crippen molar-refractivity contribution < 1.29 is 29.7 Å². The largest absolute Gasteiger partial charge is 0.494 e. The molecule has 12 rings (SSSR count). The molecule has 0 aliphatic carbocycles. The number of aliphatic imine (C=N–C) groups is 3. The van der Waals surface area contributed by atoms with Gasteiger partial charge in [0.1, 0.15) is 0 Å². The smallest absolute Gasteiger partial charge is 0.280 e. The normalized spacial score (nSPS) is 13.1. The lowest BCUT2D eigenvalue weighted by Gasteiger charge is -2.01. The number of nitrogens with zero attached hydrogens (tertiary/aromatic N) is 3. The molecular weight excluding hydrogens is 971 g/mol. The van der Waals surface area contributed by atoms with E-state index in [-0.39, 0.29) is 29.5 Å². The van der Waals surface area contributed by atoms with Gasteiger partial charge in [0.15, 0.2) is 17.6 Å². The molecule has 0 radical (unpaired) electrons. The highest BCUT2D eigenvalue weighted by molar-refractivity contribution is 6.35. The summed E-state index contributed by atoms with van der Waals surface area (Å²) in [5.74, 6) is -1.30. The van der Waals surface area contributed by atoms with Crippen molar-refractivity contribution in [2.24, 2.45) is 15.0 Å². The van der Waals surface area contributed by atoms with Crippen molar-refractivity contribution in [1.82, 2.24) is 15.0 Å². The van der Waals surface area contributed by atoms with Crippen molar-refractivity contribution in [3.05, 3.63) is 227 Å². The minimum Gasteiger partial charge on any atom is -0.494 e. The van der Waals surface area contributed by atoms with Crippen molar-refractivity contribution in [3.8, 4) is 51.4 Å². The zero-order valence-corrected chi connectivity index (χ0v) is 40.7. The number of benzene rings is 6. The van der Waals surface area contributed by atoms with Crippen LogP contribution in [-0.4, -0.2) is 65.1 Å². The summed E-state index contributed by atoms with van der Waals surface area (Å²) in [5.41, 5.74) is 13.4. The summed E-state index contributed by atoms with van der Waals surface area (Å²) in [6.45, 7) is 5.99. The predicted molar refractivity (Wildman–Crippen MR) is 282 cm³/mol. The van der Waals surface area contributed by atoms with E-state index >= 15 is 0 Å². The van der Waals surface area contributed by atoms with Gasteiger partial charge in [-0.25, -0.2) is 15.0 Å². The van der Waals surface area contributed by atoms with Gasteiger partial charge in [0.25, 0.3) is 17.7 Å². The van der Waals surface area contributed by atoms with E-state index in [0.29, 0.717) is 93.8 Å². The number of nitrogens with one attached hydrogen (secondary N) is 3. The molecule has 3 aliphatic heterocycles. The maximum Gasteiger partial charge on any atom is 0.280 e. The van der Waals surface area contributed by atoms with Crippen LogP contribution in [0.2, 0.25) is 15.1 Å². The lowest BCUT2D eigenvalue weighted by atomic mass is 9.99. The third kappa shape index (κ3) is 8.83. The van der Waals surface area contributed by atoms with E-state index in [1.165, 1.54) is 0 Å². The number of halogens is 3. The second kappa shape index (κ2) is 19.0. The number of rotatable bonds is 6. The Balaban J connectivity index is 0.000000124. The zero-order chi connectivity index (χ0) is 50.5. The first-order valence-electron chi connectivity index (χ1n) is 22.4. The van der Waals surface area contributed by atoms with Crippen LogP contribution in [0.25, 0.3) is 33.8 Å². The van der Waals surface area contributed by atoms with Crippen LogP contribution in [0.1, 0.15) is 81.1 Å². The Bertz CT molecular complexity index is 3790. The van der Waals surface area contributed by atoms with Crippen LogP contribution in [-0.2, 0) is 0 Å². The van der Waals surface area contributed by atoms with Crippen molar-refractivity contribution in [3.63, 3.8) is 0 Å². The van der Waals surface area contributed by atoms with Gasteiger partial charge in [-0.15, -0.1) is 0 Å². The number of carbonyl (C=O) groups excluding carboxylic acids is 3. The molecule has 6 heterocycles. The minimum atomic E-state index is -0.411. The van der Waals surface area contributed by atoms with Gasteiger partial charge in [0, 0.05) is 42.9 Å². The standard InChI is InChI=1S/C20H16N2O2.C19H13ClN2O2.C18H10Cl2N2O2/c1-11-3-7-13(8-4-11)17-15-16(20(24)21-17)18(22-19(15)23)14-9-5-12(2)6-10-14;1-10-5-7-11(8-6-10)16-14-15(19(24)21-16)17(22-18(14)23)12-3-2-4-13(20)9-12;19-11-5-1-3-9(7-11)15-13-14(18(24)21-15)16(22-17(13)23)10-4-2-6-12(20)8-10/h3-10,21,24H,1-2H3;2-9,22-23H,1H3;1-8,21,24H. The maximum atomic E-state index is 12.5. The minimum absolute atomic E-state index is 0.0225. The van der Waals surface area contributed by atoms with E-state index < -0.39 is 5.91 Å². The van der Waals surface area contributed by atoms with Crippen molar-refractivity contribution in [1.29, 1.82) is 0 Å². The molecule has 0 fully saturated rings. The quantitative estimate of drug-likeness (QED) is 0.0958. The molecule has 0 saturated heterocycles. The van der Waals surface area contributed by atoms with E-state index in [1.807, 2.05) is 106 Å². The summed E-state index contributed by atoms with van der Waals surface area (Å²) < 4.78 is 0. The molecule has 354 valence electrons. The van der Waals surface area contributed by atoms with Crippen LogP contribution < -0.4 is 0 Å². The summed E-state index contributed by atoms with van der Waals surface area (Å²) in [7, 11) is 0. The average Bonchev–Trinajstić information content (AvgIpc) is 4.21. The Morgan fingerprint density at radius 1 is 0.347 bits per heavy atom. The van der Waals surface area contributed by atoms with Gasteiger partial charge in [-0.3, -0.25) is 14.4 Å². The highest BCUT2D eigenvalue weighted by Gasteiger charge is 2.36. The molecule has 9 aromatic rings. The third-order valence-corrected chi connectivity index (χ3v) is 13.0. The number of aromatic hydroxyl groups is 3. The zero-order valence-electron chi connectivity index (χ0n) is 38.4. The van der Waals surface area contributed by atoms with E-state index in [9.17, 15) is 29.7 Å². The molecule has 6 N–H and O–H groups in total. The van der Waals surface area contributed by atoms with E-state index in [1.54, 1.807) is 60.7 Å². The molecule has 72 heavy (non-hydrogen) atoms. The molecule has 15 heteroatoms. The number of amides is 3. The molecule has 0 bridgehead atoms. The molecule has 12 nitrogen and oxygen atoms in total. The topological polar surface area (TPSA) is 196 Å². The molecule has 3 amide bonds. The monoisotopic (exact) mass is 1010 g/mol. The summed E-state index contributed by atoms with van der Waals surface area (Å²) in [6, 6.07) is 44.4. The summed E-state index contributed by atoms with van der Waals surface area (Å²) in [5, 5.41) is 32.7. The lowest BCUT2D eigenvalue weighted by Crippen LogP contribution is -1.99. The van der Waals surface area contributed by atoms with Crippen LogP contribution in [0.3, 0.4) is 0 Å². The van der Waals surface area contributed by atoms with E-state index in [0.717, 1.165) is 38.9 Å². The molecule has 0 unspecified atom stereocenters. The first-order valence-corrected chi connectivity index (χ1v) is 23.5. The molecule has 6 aromatic carbocycles. The fourth-order valence-electron chi connectivity index (χ4n) is 8.78. The van der Waals surface area contributed by atoms with Gasteiger partial charge < -0.3 is 30.3 Å². The molecule has 3 aromatic heterocycles. The second-order valence-electron chi connectivity index (χ2n) is 17.2. The summed E-state index contributed by atoms with van der Waals surface area (Å²) in [6.07, 6.45) is 0. The Morgan fingerprint density at radius 2 is 0.625 bits per heavy atom. The summed E-state index contributed by atoms with van der Waals surface area (Å²) in [4.78, 5) is 58.5. The number of aryl methyl sites for hydroxylation is 3. The van der Waals surface area contributed by atoms with Crippen LogP contribution in [0, 0.1) is 20.8 Å². The average molecular weight is 1010 g/mol. The third-order valence-electron chi connectivity index (χ3n) is 12.2. The highest BCUT2D eigenvalue weighted by atomic mass is 35.5.